The molecule has 0 bridgehead atoms. The van der Waals surface area contributed by atoms with Crippen molar-refractivity contribution in [2.45, 2.75) is 51.9 Å². The highest BCUT2D eigenvalue weighted by atomic mass is 16.5. The monoisotopic (exact) mass is 371 g/mol. The third kappa shape index (κ3) is 4.39. The number of rotatable bonds is 7. The second-order valence-corrected chi connectivity index (χ2v) is 8.00. The first kappa shape index (κ1) is 18.6. The van der Waals surface area contributed by atoms with Gasteiger partial charge in [-0.15, -0.1) is 0 Å². The van der Waals surface area contributed by atoms with Gasteiger partial charge in [0.05, 0.1) is 23.6 Å². The molecule has 6 nitrogen and oxygen atoms in total. The number of ether oxygens (including phenoxy) is 2. The molecule has 0 N–H and O–H groups in total. The van der Waals surface area contributed by atoms with Crippen molar-refractivity contribution in [3.05, 3.63) is 47.1 Å². The maximum atomic E-state index is 6.19. The predicted molar refractivity (Wildman–Crippen MR) is 101 cm³/mol. The summed E-state index contributed by atoms with van der Waals surface area (Å²) >= 11 is 0. The third-order valence-electron chi connectivity index (χ3n) is 5.83. The maximum absolute atomic E-state index is 6.19. The highest BCUT2D eigenvalue weighted by Crippen LogP contribution is 2.39. The Bertz CT molecular complexity index is 721. The van der Waals surface area contributed by atoms with Crippen LogP contribution in [-0.2, 0) is 22.6 Å². The van der Waals surface area contributed by atoms with Gasteiger partial charge in [0.15, 0.2) is 0 Å². The van der Waals surface area contributed by atoms with Gasteiger partial charge in [-0.3, -0.25) is 9.88 Å². The van der Waals surface area contributed by atoms with Crippen LogP contribution in [0.3, 0.4) is 0 Å². The molecule has 0 radical (unpaired) electrons. The van der Waals surface area contributed by atoms with E-state index in [4.69, 9.17) is 14.0 Å². The van der Waals surface area contributed by atoms with Gasteiger partial charge in [-0.25, -0.2) is 0 Å². The lowest BCUT2D eigenvalue weighted by Crippen LogP contribution is -2.64. The number of likely N-dealkylation sites (tertiary alicyclic amines) is 1. The van der Waals surface area contributed by atoms with Crippen LogP contribution in [0, 0.1) is 19.8 Å². The number of nitrogens with zero attached hydrogens (tertiary/aromatic N) is 3. The average Bonchev–Trinajstić information content (AvgIpc) is 2.97. The van der Waals surface area contributed by atoms with Crippen molar-refractivity contribution in [2.75, 3.05) is 26.3 Å². The van der Waals surface area contributed by atoms with E-state index in [1.165, 1.54) is 5.56 Å². The first-order chi connectivity index (χ1) is 13.1. The van der Waals surface area contributed by atoms with Gasteiger partial charge in [-0.1, -0.05) is 11.2 Å². The summed E-state index contributed by atoms with van der Waals surface area (Å²) < 4.78 is 17.3. The van der Waals surface area contributed by atoms with Gasteiger partial charge >= 0.3 is 0 Å². The molecule has 0 amide bonds. The predicted octanol–water partition coefficient (Wildman–Crippen LogP) is 3.27. The Kier molecular flexibility index (Phi) is 5.57. The molecule has 6 heteroatoms. The Labute approximate surface area is 160 Å². The van der Waals surface area contributed by atoms with Crippen molar-refractivity contribution in [1.82, 2.24) is 15.0 Å². The van der Waals surface area contributed by atoms with E-state index in [9.17, 15) is 0 Å². The first-order valence-electron chi connectivity index (χ1n) is 9.89. The van der Waals surface area contributed by atoms with E-state index in [2.05, 4.69) is 15.0 Å². The van der Waals surface area contributed by atoms with Crippen LogP contribution >= 0.6 is 0 Å². The molecule has 2 aliphatic heterocycles. The standard InChI is InChI=1S/C21H29N3O3/c1-16-20(17(2)27-23-16)12-24-14-21(15-24)11-18(7-10-26-21)6-9-25-13-19-5-3-4-8-22-19/h3-5,8,18H,6-7,9-15H2,1-2H3. The number of hydrogen-bond donors (Lipinski definition) is 0. The van der Waals surface area contributed by atoms with Gasteiger partial charge in [0.2, 0.25) is 0 Å². The molecule has 146 valence electrons. The van der Waals surface area contributed by atoms with E-state index in [0.29, 0.717) is 12.5 Å². The molecule has 2 saturated heterocycles. The fourth-order valence-corrected chi connectivity index (χ4v) is 4.34. The van der Waals surface area contributed by atoms with Crippen molar-refractivity contribution in [2.24, 2.45) is 5.92 Å². The van der Waals surface area contributed by atoms with E-state index in [1.807, 2.05) is 38.2 Å². The van der Waals surface area contributed by atoms with E-state index in [1.54, 1.807) is 0 Å². The van der Waals surface area contributed by atoms with Gasteiger partial charge in [-0.2, -0.15) is 0 Å². The summed E-state index contributed by atoms with van der Waals surface area (Å²) in [6.07, 6.45) is 5.18. The SMILES string of the molecule is Cc1noc(C)c1CN1CC2(CC(CCOCc3ccccn3)CCO2)C1. The molecule has 1 atom stereocenters. The molecule has 1 spiro atoms. The van der Waals surface area contributed by atoms with Crippen molar-refractivity contribution in [3.63, 3.8) is 0 Å². The lowest BCUT2D eigenvalue weighted by Gasteiger charge is -2.53. The zero-order valence-electron chi connectivity index (χ0n) is 16.3. The van der Waals surface area contributed by atoms with Crippen molar-refractivity contribution >= 4 is 0 Å². The topological polar surface area (TPSA) is 60.6 Å². The molecule has 0 aromatic carbocycles. The Morgan fingerprint density at radius 2 is 2.19 bits per heavy atom. The highest BCUT2D eigenvalue weighted by Gasteiger charge is 2.47. The molecule has 2 aromatic rings. The van der Waals surface area contributed by atoms with Gasteiger partial charge in [0, 0.05) is 44.6 Å². The second-order valence-electron chi connectivity index (χ2n) is 8.00. The maximum Gasteiger partial charge on any atom is 0.138 e. The third-order valence-corrected chi connectivity index (χ3v) is 5.83. The molecular formula is C21H29N3O3. The lowest BCUT2D eigenvalue weighted by molar-refractivity contribution is -0.182. The average molecular weight is 371 g/mol. The number of aromatic nitrogens is 2. The summed E-state index contributed by atoms with van der Waals surface area (Å²) in [5.41, 5.74) is 3.26. The van der Waals surface area contributed by atoms with Gasteiger partial charge in [-0.05, 0) is 51.2 Å². The van der Waals surface area contributed by atoms with Crippen molar-refractivity contribution in [1.29, 1.82) is 0 Å². The van der Waals surface area contributed by atoms with Crippen molar-refractivity contribution in [3.8, 4) is 0 Å². The normalized spacial score (nSPS) is 22.1. The number of pyridine rings is 1. The molecule has 4 heterocycles. The van der Waals surface area contributed by atoms with Gasteiger partial charge in [0.1, 0.15) is 5.76 Å². The minimum Gasteiger partial charge on any atom is -0.375 e. The van der Waals surface area contributed by atoms with E-state index < -0.39 is 0 Å². The molecule has 4 rings (SSSR count). The Hall–Kier alpha value is -1.76. The number of hydrogen-bond acceptors (Lipinski definition) is 6. The summed E-state index contributed by atoms with van der Waals surface area (Å²) in [7, 11) is 0. The van der Waals surface area contributed by atoms with E-state index in [-0.39, 0.29) is 5.60 Å². The van der Waals surface area contributed by atoms with Gasteiger partial charge < -0.3 is 14.0 Å². The van der Waals surface area contributed by atoms with E-state index >= 15 is 0 Å². The zero-order chi connectivity index (χ0) is 18.7. The van der Waals surface area contributed by atoms with Crippen LogP contribution in [0.5, 0.6) is 0 Å². The Balaban J connectivity index is 1.20. The summed E-state index contributed by atoms with van der Waals surface area (Å²) in [5, 5.41) is 4.06. The molecular weight excluding hydrogens is 342 g/mol. The summed E-state index contributed by atoms with van der Waals surface area (Å²) in [5.74, 6) is 1.62. The minimum atomic E-state index is 0.0445. The van der Waals surface area contributed by atoms with Crippen LogP contribution in [0.2, 0.25) is 0 Å². The number of aryl methyl sites for hydroxylation is 2. The molecule has 1 unspecified atom stereocenters. The van der Waals surface area contributed by atoms with Crippen LogP contribution in [0.4, 0.5) is 0 Å². The van der Waals surface area contributed by atoms with Crippen LogP contribution in [-0.4, -0.2) is 46.9 Å². The Morgan fingerprint density at radius 1 is 1.30 bits per heavy atom. The first-order valence-corrected chi connectivity index (χ1v) is 9.89. The molecule has 0 saturated carbocycles. The summed E-state index contributed by atoms with van der Waals surface area (Å²) in [6.45, 7) is 9.17. The fourth-order valence-electron chi connectivity index (χ4n) is 4.34. The second kappa shape index (κ2) is 8.09. The largest absolute Gasteiger partial charge is 0.375 e. The van der Waals surface area contributed by atoms with Gasteiger partial charge in [0.25, 0.3) is 0 Å². The van der Waals surface area contributed by atoms with Crippen LogP contribution < -0.4 is 0 Å². The minimum absolute atomic E-state index is 0.0445. The zero-order valence-corrected chi connectivity index (χ0v) is 16.3. The van der Waals surface area contributed by atoms with Crippen LogP contribution in [0.1, 0.15) is 42.0 Å². The van der Waals surface area contributed by atoms with Crippen molar-refractivity contribution < 1.29 is 14.0 Å². The highest BCUT2D eigenvalue weighted by molar-refractivity contribution is 5.21. The molecule has 2 aliphatic rings. The van der Waals surface area contributed by atoms with E-state index in [0.717, 1.165) is 69.3 Å². The Morgan fingerprint density at radius 3 is 2.93 bits per heavy atom. The van der Waals surface area contributed by atoms with Crippen LogP contribution in [0.15, 0.2) is 28.9 Å². The molecule has 2 fully saturated rings. The fraction of sp³-hybridized carbons (Fsp3) is 0.619. The van der Waals surface area contributed by atoms with Crippen LogP contribution in [0.25, 0.3) is 0 Å². The molecule has 27 heavy (non-hydrogen) atoms. The summed E-state index contributed by atoms with van der Waals surface area (Å²) in [6, 6.07) is 5.93. The smallest absolute Gasteiger partial charge is 0.138 e. The summed E-state index contributed by atoms with van der Waals surface area (Å²) in [4.78, 5) is 6.73. The quantitative estimate of drug-likeness (QED) is 0.696. The molecule has 0 aliphatic carbocycles. The lowest BCUT2D eigenvalue weighted by atomic mass is 9.79. The molecule has 2 aromatic heterocycles.